The van der Waals surface area contributed by atoms with Crippen LogP contribution in [0.5, 0.6) is 0 Å². The van der Waals surface area contributed by atoms with E-state index in [2.05, 4.69) is 15.3 Å². The second kappa shape index (κ2) is 3.09. The van der Waals surface area contributed by atoms with Gasteiger partial charge < -0.3 is 10.4 Å². The van der Waals surface area contributed by atoms with Gasteiger partial charge in [-0.15, -0.1) is 0 Å². The van der Waals surface area contributed by atoms with E-state index >= 15 is 0 Å². The summed E-state index contributed by atoms with van der Waals surface area (Å²) in [6, 6.07) is 1.68. The van der Waals surface area contributed by atoms with Crippen molar-refractivity contribution >= 4 is 17.7 Å². The number of rotatable bonds is 2. The summed E-state index contributed by atoms with van der Waals surface area (Å²) in [6.45, 7) is 0. The number of nitrogens with zero attached hydrogens (tertiary/aromatic N) is 2. The van der Waals surface area contributed by atoms with E-state index in [1.807, 2.05) is 0 Å². The first-order valence-electron chi connectivity index (χ1n) is 4.12. The second-order valence-electron chi connectivity index (χ2n) is 3.22. The Morgan fingerprint density at radius 1 is 1.64 bits per heavy atom. The quantitative estimate of drug-likeness (QED) is 0.728. The Balaban J connectivity index is 2.26. The van der Waals surface area contributed by atoms with Crippen LogP contribution in [0.1, 0.15) is 18.5 Å². The lowest BCUT2D eigenvalue weighted by Crippen LogP contribution is -2.34. The van der Waals surface area contributed by atoms with Crippen LogP contribution in [-0.2, 0) is 5.54 Å². The molecule has 0 bridgehead atoms. The Morgan fingerprint density at radius 3 is 2.86 bits per heavy atom. The smallest absolute Gasteiger partial charge is 0.405 e. The van der Waals surface area contributed by atoms with Crippen molar-refractivity contribution in [1.82, 2.24) is 15.3 Å². The van der Waals surface area contributed by atoms with E-state index in [0.717, 1.165) is 12.8 Å². The summed E-state index contributed by atoms with van der Waals surface area (Å²) >= 11 is 5.62. The van der Waals surface area contributed by atoms with Gasteiger partial charge >= 0.3 is 6.09 Å². The molecule has 0 saturated heterocycles. The Morgan fingerprint density at radius 2 is 2.36 bits per heavy atom. The number of carboxylic acid groups (broad SMARTS) is 1. The van der Waals surface area contributed by atoms with Crippen molar-refractivity contribution in [3.63, 3.8) is 0 Å². The number of halogens is 1. The molecule has 1 aliphatic rings. The molecule has 0 aromatic carbocycles. The lowest BCUT2D eigenvalue weighted by molar-refractivity contribution is 0.188. The van der Waals surface area contributed by atoms with Crippen LogP contribution in [0.3, 0.4) is 0 Å². The average Bonchev–Trinajstić information content (AvgIpc) is 2.84. The molecule has 1 aromatic heterocycles. The van der Waals surface area contributed by atoms with Crippen LogP contribution in [-0.4, -0.2) is 21.2 Å². The third-order valence-electron chi connectivity index (χ3n) is 2.21. The van der Waals surface area contributed by atoms with Gasteiger partial charge in [-0.2, -0.15) is 0 Å². The van der Waals surface area contributed by atoms with Gasteiger partial charge in [-0.3, -0.25) is 0 Å². The molecule has 6 heteroatoms. The normalized spacial score (nSPS) is 17.5. The molecule has 1 aromatic rings. The van der Waals surface area contributed by atoms with E-state index in [1.165, 1.54) is 6.20 Å². The van der Waals surface area contributed by atoms with Crippen LogP contribution in [0.25, 0.3) is 0 Å². The summed E-state index contributed by atoms with van der Waals surface area (Å²) in [5.41, 5.74) is 0.109. The molecule has 0 radical (unpaired) electrons. The van der Waals surface area contributed by atoms with Crippen LogP contribution in [0.15, 0.2) is 12.3 Å². The predicted molar refractivity (Wildman–Crippen MR) is 49.1 cm³/mol. The van der Waals surface area contributed by atoms with Crippen LogP contribution in [0, 0.1) is 0 Å². The third-order valence-corrected chi connectivity index (χ3v) is 2.39. The maximum absolute atomic E-state index is 10.5. The molecule has 1 fully saturated rings. The van der Waals surface area contributed by atoms with Crippen LogP contribution < -0.4 is 5.32 Å². The monoisotopic (exact) mass is 213 g/mol. The van der Waals surface area contributed by atoms with E-state index in [9.17, 15) is 4.79 Å². The van der Waals surface area contributed by atoms with Crippen LogP contribution >= 0.6 is 11.6 Å². The lowest BCUT2D eigenvalue weighted by Gasteiger charge is -2.13. The SMILES string of the molecule is O=C(O)NC1(c2ccnc(Cl)n2)CC1. The summed E-state index contributed by atoms with van der Waals surface area (Å²) < 4.78 is 0. The zero-order chi connectivity index (χ0) is 10.2. The van der Waals surface area contributed by atoms with E-state index in [-0.39, 0.29) is 5.28 Å². The Hall–Kier alpha value is -1.36. The molecule has 5 nitrogen and oxygen atoms in total. The maximum atomic E-state index is 10.5. The number of aromatic nitrogens is 2. The fourth-order valence-corrected chi connectivity index (χ4v) is 1.52. The maximum Gasteiger partial charge on any atom is 0.405 e. The second-order valence-corrected chi connectivity index (χ2v) is 3.56. The fourth-order valence-electron chi connectivity index (χ4n) is 1.38. The highest BCUT2D eigenvalue weighted by Gasteiger charge is 2.47. The van der Waals surface area contributed by atoms with E-state index in [4.69, 9.17) is 16.7 Å². The number of amides is 1. The number of hydrogen-bond acceptors (Lipinski definition) is 3. The Bertz CT molecular complexity index is 379. The molecule has 1 aliphatic carbocycles. The topological polar surface area (TPSA) is 75.1 Å². The van der Waals surface area contributed by atoms with Gasteiger partial charge in [0.25, 0.3) is 0 Å². The van der Waals surface area contributed by atoms with Crippen molar-refractivity contribution in [2.75, 3.05) is 0 Å². The van der Waals surface area contributed by atoms with Crippen molar-refractivity contribution < 1.29 is 9.90 Å². The van der Waals surface area contributed by atoms with Gasteiger partial charge in [0.05, 0.1) is 11.2 Å². The molecule has 14 heavy (non-hydrogen) atoms. The first-order chi connectivity index (χ1) is 6.62. The zero-order valence-electron chi connectivity index (χ0n) is 7.20. The highest BCUT2D eigenvalue weighted by atomic mass is 35.5. The predicted octanol–water partition coefficient (Wildman–Crippen LogP) is 1.39. The van der Waals surface area contributed by atoms with E-state index in [0.29, 0.717) is 5.69 Å². The number of nitrogens with one attached hydrogen (secondary N) is 1. The van der Waals surface area contributed by atoms with E-state index in [1.54, 1.807) is 6.07 Å². The first-order valence-corrected chi connectivity index (χ1v) is 4.50. The molecule has 2 rings (SSSR count). The molecular weight excluding hydrogens is 206 g/mol. The molecule has 0 spiro atoms. The van der Waals surface area contributed by atoms with Gasteiger partial charge in [-0.1, -0.05) is 0 Å². The number of hydrogen-bond donors (Lipinski definition) is 2. The number of carbonyl (C=O) groups is 1. The Kier molecular flexibility index (Phi) is 2.03. The van der Waals surface area contributed by atoms with E-state index < -0.39 is 11.6 Å². The van der Waals surface area contributed by atoms with Crippen molar-refractivity contribution in [3.05, 3.63) is 23.2 Å². The van der Waals surface area contributed by atoms with Crippen molar-refractivity contribution in [1.29, 1.82) is 0 Å². The summed E-state index contributed by atoms with van der Waals surface area (Å²) in [5.74, 6) is 0. The minimum Gasteiger partial charge on any atom is -0.465 e. The summed E-state index contributed by atoms with van der Waals surface area (Å²) in [7, 11) is 0. The van der Waals surface area contributed by atoms with Gasteiger partial charge in [0.15, 0.2) is 0 Å². The molecule has 74 valence electrons. The first kappa shape index (κ1) is 9.21. The minimum absolute atomic E-state index is 0.140. The summed E-state index contributed by atoms with van der Waals surface area (Å²) in [6.07, 6.45) is 1.99. The average molecular weight is 214 g/mol. The van der Waals surface area contributed by atoms with Gasteiger partial charge in [0.2, 0.25) is 5.28 Å². The molecule has 0 unspecified atom stereocenters. The van der Waals surface area contributed by atoms with Gasteiger partial charge in [0.1, 0.15) is 0 Å². The van der Waals surface area contributed by atoms with Crippen molar-refractivity contribution in [3.8, 4) is 0 Å². The summed E-state index contributed by atoms with van der Waals surface area (Å²) in [5, 5.41) is 11.2. The van der Waals surface area contributed by atoms with Gasteiger partial charge in [0, 0.05) is 6.20 Å². The third kappa shape index (κ3) is 1.63. The lowest BCUT2D eigenvalue weighted by atomic mass is 10.2. The summed E-state index contributed by atoms with van der Waals surface area (Å²) in [4.78, 5) is 18.3. The molecule has 1 amide bonds. The molecule has 1 saturated carbocycles. The molecule has 0 atom stereocenters. The van der Waals surface area contributed by atoms with Crippen molar-refractivity contribution in [2.24, 2.45) is 0 Å². The highest BCUT2D eigenvalue weighted by Crippen LogP contribution is 2.44. The standard InChI is InChI=1S/C8H8ClN3O2/c9-6-10-4-1-5(11-6)8(2-3-8)12-7(13)14/h1,4,12H,2-3H2,(H,13,14). The van der Waals surface area contributed by atoms with Gasteiger partial charge in [-0.25, -0.2) is 14.8 Å². The largest absolute Gasteiger partial charge is 0.465 e. The molecule has 0 aliphatic heterocycles. The van der Waals surface area contributed by atoms with Crippen LogP contribution in [0.4, 0.5) is 4.79 Å². The van der Waals surface area contributed by atoms with Crippen molar-refractivity contribution in [2.45, 2.75) is 18.4 Å². The molecule has 1 heterocycles. The highest BCUT2D eigenvalue weighted by molar-refractivity contribution is 6.28. The fraction of sp³-hybridized carbons (Fsp3) is 0.375. The Labute approximate surface area is 85.1 Å². The van der Waals surface area contributed by atoms with Gasteiger partial charge in [-0.05, 0) is 30.5 Å². The molecular formula is C8H8ClN3O2. The minimum atomic E-state index is -1.04. The van der Waals surface area contributed by atoms with Crippen LogP contribution in [0.2, 0.25) is 5.28 Å². The zero-order valence-corrected chi connectivity index (χ0v) is 7.95. The molecule has 2 N–H and O–H groups in total.